The maximum atomic E-state index is 12.5. The van der Waals surface area contributed by atoms with Crippen LogP contribution in [-0.4, -0.2) is 51.1 Å². The highest BCUT2D eigenvalue weighted by atomic mass is 31.2. The molecule has 5 atom stereocenters. The maximum Gasteiger partial charge on any atom is 0.528 e. The van der Waals surface area contributed by atoms with Gasteiger partial charge in [-0.1, -0.05) is 78.6 Å². The molecule has 182 valence electrons. The molecule has 31 heavy (non-hydrogen) atoms. The smallest absolute Gasteiger partial charge is 0.505 e. The molecule has 0 saturated carbocycles. The van der Waals surface area contributed by atoms with Crippen LogP contribution in [0.15, 0.2) is 11.5 Å². The van der Waals surface area contributed by atoms with Crippen LogP contribution in [-0.2, 0) is 23.1 Å². The lowest BCUT2D eigenvalue weighted by atomic mass is 9.96. The van der Waals surface area contributed by atoms with Crippen molar-refractivity contribution in [2.45, 2.75) is 103 Å². The molecule has 0 aromatic rings. The molecule has 0 saturated heterocycles. The fourth-order valence-electron chi connectivity index (χ4n) is 3.39. The van der Waals surface area contributed by atoms with Crippen LogP contribution in [0.5, 0.6) is 0 Å². The van der Waals surface area contributed by atoms with Gasteiger partial charge in [-0.15, -0.1) is 0 Å². The number of aliphatic hydroxyl groups excluding tert-OH is 3. The summed E-state index contributed by atoms with van der Waals surface area (Å²) >= 11 is 0. The van der Waals surface area contributed by atoms with Crippen LogP contribution >= 0.6 is 7.82 Å². The number of unbranched alkanes of at least 4 members (excludes halogenated alkanes) is 7. The first-order valence-corrected chi connectivity index (χ1v) is 12.8. The summed E-state index contributed by atoms with van der Waals surface area (Å²) in [5, 5.41) is 28.5. The molecular formula is C21H39O9P. The summed E-state index contributed by atoms with van der Waals surface area (Å²) in [4.78, 5) is 22.0. The Morgan fingerprint density at radius 1 is 1.10 bits per heavy atom. The van der Waals surface area contributed by atoms with Crippen molar-refractivity contribution < 1.29 is 43.4 Å². The van der Waals surface area contributed by atoms with Crippen LogP contribution in [0.2, 0.25) is 0 Å². The minimum Gasteiger partial charge on any atom is -0.505 e. The van der Waals surface area contributed by atoms with Crippen molar-refractivity contribution in [1.82, 2.24) is 0 Å². The number of esters is 1. The lowest BCUT2D eigenvalue weighted by molar-refractivity contribution is -0.147. The van der Waals surface area contributed by atoms with E-state index in [0.717, 1.165) is 25.7 Å². The highest BCUT2D eigenvalue weighted by molar-refractivity contribution is 7.47. The molecule has 4 N–H and O–H groups in total. The quantitative estimate of drug-likeness (QED) is 0.141. The van der Waals surface area contributed by atoms with Gasteiger partial charge in [0.2, 0.25) is 0 Å². The topological polar surface area (TPSA) is 143 Å². The van der Waals surface area contributed by atoms with E-state index >= 15 is 0 Å². The number of phosphoric ester groups is 1. The molecule has 0 aromatic heterocycles. The Morgan fingerprint density at radius 3 is 2.23 bits per heavy atom. The van der Waals surface area contributed by atoms with E-state index in [9.17, 15) is 24.5 Å². The number of hydrogen-bond acceptors (Lipinski definition) is 8. The van der Waals surface area contributed by atoms with Gasteiger partial charge in [-0.05, 0) is 12.3 Å². The third-order valence-electron chi connectivity index (χ3n) is 5.55. The normalized spacial score (nSPS) is 21.5. The van der Waals surface area contributed by atoms with Gasteiger partial charge in [0.05, 0.1) is 12.7 Å². The molecular weight excluding hydrogens is 427 g/mol. The zero-order chi connectivity index (χ0) is 23.4. The van der Waals surface area contributed by atoms with E-state index in [1.54, 1.807) is 0 Å². The number of rotatable bonds is 17. The summed E-state index contributed by atoms with van der Waals surface area (Å²) in [7, 11) is -4.74. The van der Waals surface area contributed by atoms with Gasteiger partial charge in [0.1, 0.15) is 6.10 Å². The first kappa shape index (κ1) is 27.9. The summed E-state index contributed by atoms with van der Waals surface area (Å²) in [5.41, 5.74) is 0. The van der Waals surface area contributed by atoms with Crippen molar-refractivity contribution in [3.63, 3.8) is 0 Å². The number of hydrogen-bond donors (Lipinski definition) is 4. The summed E-state index contributed by atoms with van der Waals surface area (Å²) in [5.74, 6) is -2.97. The SMILES string of the molecule is CCCCCCCCCCC(OP(=O)(O)OC1=C(O)[C@@H](C(O)CO)OC1=O)C(C)CC. The molecule has 1 rings (SSSR count). The van der Waals surface area contributed by atoms with Gasteiger partial charge in [0.25, 0.3) is 5.76 Å². The molecule has 1 aliphatic rings. The predicted molar refractivity (Wildman–Crippen MR) is 115 cm³/mol. The molecule has 10 heteroatoms. The Bertz CT molecular complexity index is 622. The molecule has 0 radical (unpaired) electrons. The Balaban J connectivity index is 2.63. The van der Waals surface area contributed by atoms with E-state index in [1.165, 1.54) is 32.1 Å². The molecule has 0 amide bonds. The van der Waals surface area contributed by atoms with E-state index in [1.807, 2.05) is 13.8 Å². The highest BCUT2D eigenvalue weighted by Gasteiger charge is 2.44. The molecule has 0 aromatic carbocycles. The van der Waals surface area contributed by atoms with Crippen LogP contribution in [0.25, 0.3) is 0 Å². The fourth-order valence-corrected chi connectivity index (χ4v) is 4.49. The Morgan fingerprint density at radius 2 is 1.68 bits per heavy atom. The lowest BCUT2D eigenvalue weighted by Gasteiger charge is -2.25. The fraction of sp³-hybridized carbons (Fsp3) is 0.857. The number of phosphoric acid groups is 1. The monoisotopic (exact) mass is 466 g/mol. The summed E-state index contributed by atoms with van der Waals surface area (Å²) < 4.78 is 27.4. The van der Waals surface area contributed by atoms with Crippen LogP contribution < -0.4 is 0 Å². The standard InChI is InChI=1S/C21H39O9P/c1-4-6-7-8-9-10-11-12-13-17(15(3)5-2)29-31(26,27)30-20-18(24)19(16(23)14-22)28-21(20)25/h15-17,19,22-24H,4-14H2,1-3H3,(H,26,27)/t15?,16?,17?,19-/m1/s1. The average molecular weight is 467 g/mol. The minimum absolute atomic E-state index is 0.0179. The number of carbonyl (C=O) groups excluding carboxylic acids is 1. The largest absolute Gasteiger partial charge is 0.528 e. The highest BCUT2D eigenvalue weighted by Crippen LogP contribution is 2.50. The number of carbonyl (C=O) groups is 1. The molecule has 0 spiro atoms. The molecule has 0 aliphatic carbocycles. The summed E-state index contributed by atoms with van der Waals surface area (Å²) in [6.45, 7) is 5.26. The molecule has 0 bridgehead atoms. The van der Waals surface area contributed by atoms with Crippen molar-refractivity contribution >= 4 is 13.8 Å². The molecule has 0 fully saturated rings. The molecule has 9 nitrogen and oxygen atoms in total. The van der Waals surface area contributed by atoms with Crippen molar-refractivity contribution in [2.24, 2.45) is 5.92 Å². The van der Waals surface area contributed by atoms with Gasteiger partial charge in [-0.25, -0.2) is 9.36 Å². The van der Waals surface area contributed by atoms with Gasteiger partial charge in [0, 0.05) is 0 Å². The Kier molecular flexibility index (Phi) is 12.7. The average Bonchev–Trinajstić information content (AvgIpc) is 3.01. The van der Waals surface area contributed by atoms with Gasteiger partial charge in [-0.2, -0.15) is 0 Å². The third-order valence-corrected chi connectivity index (χ3v) is 6.50. The summed E-state index contributed by atoms with van der Waals surface area (Å²) in [6, 6.07) is 0. The predicted octanol–water partition coefficient (Wildman–Crippen LogP) is 4.11. The van der Waals surface area contributed by atoms with Crippen molar-refractivity contribution in [2.75, 3.05) is 6.61 Å². The van der Waals surface area contributed by atoms with Gasteiger partial charge in [0.15, 0.2) is 11.9 Å². The first-order chi connectivity index (χ1) is 14.7. The maximum absolute atomic E-state index is 12.5. The van der Waals surface area contributed by atoms with E-state index in [4.69, 9.17) is 18.9 Å². The van der Waals surface area contributed by atoms with E-state index in [2.05, 4.69) is 6.92 Å². The molecule has 4 unspecified atom stereocenters. The lowest BCUT2D eigenvalue weighted by Crippen LogP contribution is -2.31. The summed E-state index contributed by atoms with van der Waals surface area (Å²) in [6.07, 6.45) is 6.65. The Labute approximate surface area is 185 Å². The third kappa shape index (κ3) is 9.49. The van der Waals surface area contributed by atoms with Crippen LogP contribution in [0.3, 0.4) is 0 Å². The number of cyclic esters (lactones) is 1. The first-order valence-electron chi connectivity index (χ1n) is 11.3. The van der Waals surface area contributed by atoms with Gasteiger partial charge >= 0.3 is 13.8 Å². The zero-order valence-corrected chi connectivity index (χ0v) is 19.8. The molecule has 1 aliphatic heterocycles. The second-order valence-electron chi connectivity index (χ2n) is 8.14. The van der Waals surface area contributed by atoms with Crippen LogP contribution in [0.4, 0.5) is 0 Å². The second kappa shape index (κ2) is 14.1. The minimum atomic E-state index is -4.74. The van der Waals surface area contributed by atoms with E-state index in [-0.39, 0.29) is 5.92 Å². The van der Waals surface area contributed by atoms with Crippen LogP contribution in [0, 0.1) is 5.92 Å². The van der Waals surface area contributed by atoms with Crippen LogP contribution in [0.1, 0.15) is 85.0 Å². The number of aliphatic hydroxyl groups is 3. The molecule has 1 heterocycles. The van der Waals surface area contributed by atoms with Crippen molar-refractivity contribution in [1.29, 1.82) is 0 Å². The Hall–Kier alpha value is -1.12. The number of ether oxygens (including phenoxy) is 1. The van der Waals surface area contributed by atoms with Crippen molar-refractivity contribution in [3.05, 3.63) is 11.5 Å². The van der Waals surface area contributed by atoms with E-state index in [0.29, 0.717) is 6.42 Å². The second-order valence-corrected chi connectivity index (χ2v) is 9.47. The van der Waals surface area contributed by atoms with E-state index < -0.39 is 50.2 Å². The zero-order valence-electron chi connectivity index (χ0n) is 18.9. The van der Waals surface area contributed by atoms with Gasteiger partial charge < -0.3 is 24.6 Å². The van der Waals surface area contributed by atoms with Crippen molar-refractivity contribution in [3.8, 4) is 0 Å². The van der Waals surface area contributed by atoms with Gasteiger partial charge in [-0.3, -0.25) is 9.42 Å².